The second-order valence-corrected chi connectivity index (χ2v) is 6.51. The van der Waals surface area contributed by atoms with Gasteiger partial charge in [-0.3, -0.25) is 9.69 Å². The Morgan fingerprint density at radius 1 is 1.20 bits per heavy atom. The van der Waals surface area contributed by atoms with E-state index in [1.807, 2.05) is 29.2 Å². The Morgan fingerprint density at radius 2 is 1.96 bits per heavy atom. The van der Waals surface area contributed by atoms with Crippen LogP contribution in [0.5, 0.6) is 0 Å². The van der Waals surface area contributed by atoms with E-state index in [-0.39, 0.29) is 18.6 Å². The van der Waals surface area contributed by atoms with Gasteiger partial charge in [-0.05, 0) is 12.0 Å². The molecule has 1 aromatic rings. The van der Waals surface area contributed by atoms with Gasteiger partial charge in [0.2, 0.25) is 12.7 Å². The average molecular weight is 342 g/mol. The lowest BCUT2D eigenvalue weighted by Crippen LogP contribution is -2.49. The minimum atomic E-state index is 0.0172. The number of amides is 1. The molecule has 2 aliphatic heterocycles. The predicted octanol–water partition coefficient (Wildman–Crippen LogP) is 2.41. The second kappa shape index (κ2) is 8.72. The molecule has 2 aliphatic rings. The van der Waals surface area contributed by atoms with Crippen LogP contribution in [0, 0.1) is 5.92 Å². The van der Waals surface area contributed by atoms with Crippen LogP contribution in [0.15, 0.2) is 55.0 Å². The molecule has 1 amide bonds. The number of hydrogen-bond donors (Lipinski definition) is 0. The third-order valence-electron chi connectivity index (χ3n) is 4.75. The fourth-order valence-corrected chi connectivity index (χ4v) is 3.34. The molecule has 134 valence electrons. The van der Waals surface area contributed by atoms with Crippen LogP contribution in [0.4, 0.5) is 0 Å². The van der Waals surface area contributed by atoms with E-state index in [0.717, 1.165) is 44.9 Å². The Bertz CT molecular complexity index is 607. The quantitative estimate of drug-likeness (QED) is 0.714. The van der Waals surface area contributed by atoms with Crippen molar-refractivity contribution in [2.45, 2.75) is 12.8 Å². The monoisotopic (exact) mass is 342 g/mol. The van der Waals surface area contributed by atoms with Crippen molar-refractivity contribution < 1.29 is 14.3 Å². The number of ether oxygens (including phenoxy) is 2. The van der Waals surface area contributed by atoms with Gasteiger partial charge in [-0.2, -0.15) is 0 Å². The highest BCUT2D eigenvalue weighted by molar-refractivity contribution is 5.77. The van der Waals surface area contributed by atoms with Crippen LogP contribution in [0.1, 0.15) is 12.0 Å². The van der Waals surface area contributed by atoms with E-state index in [0.29, 0.717) is 6.42 Å². The van der Waals surface area contributed by atoms with Crippen LogP contribution >= 0.6 is 0 Å². The Balaban J connectivity index is 1.60. The molecule has 1 unspecified atom stereocenters. The molecule has 5 nitrogen and oxygen atoms in total. The molecule has 25 heavy (non-hydrogen) atoms. The molecule has 0 spiro atoms. The van der Waals surface area contributed by atoms with Crippen LogP contribution in [-0.2, 0) is 20.7 Å². The molecular formula is C20H26N2O3. The summed E-state index contributed by atoms with van der Waals surface area (Å²) in [5, 5.41) is 0. The number of piperazine rings is 1. The summed E-state index contributed by atoms with van der Waals surface area (Å²) >= 11 is 0. The van der Waals surface area contributed by atoms with E-state index < -0.39 is 0 Å². The summed E-state index contributed by atoms with van der Waals surface area (Å²) in [5.74, 6) is 0.988. The van der Waals surface area contributed by atoms with Gasteiger partial charge >= 0.3 is 0 Å². The Kier molecular flexibility index (Phi) is 6.12. The van der Waals surface area contributed by atoms with E-state index in [4.69, 9.17) is 9.47 Å². The van der Waals surface area contributed by atoms with Gasteiger partial charge in [0, 0.05) is 45.1 Å². The molecule has 1 aromatic carbocycles. The first kappa shape index (κ1) is 17.5. The average Bonchev–Trinajstić information content (AvgIpc) is 3.17. The third-order valence-corrected chi connectivity index (χ3v) is 4.75. The van der Waals surface area contributed by atoms with Gasteiger partial charge in [-0.15, -0.1) is 6.58 Å². The summed E-state index contributed by atoms with van der Waals surface area (Å²) in [7, 11) is 0. The molecule has 1 fully saturated rings. The SMILES string of the molecule is C=CCN1CCN(C(=O)CC(Cc2ccccc2)C2=COCO2)CC1. The topological polar surface area (TPSA) is 42.0 Å². The van der Waals surface area contributed by atoms with E-state index in [2.05, 4.69) is 23.6 Å². The molecule has 3 rings (SSSR count). The standard InChI is InChI=1S/C20H26N2O3/c1-2-8-21-9-11-22(12-10-21)20(23)14-18(19-15-24-16-25-19)13-17-6-4-3-5-7-17/h2-7,15,18H,1,8-14,16H2. The van der Waals surface area contributed by atoms with Crippen molar-refractivity contribution >= 4 is 5.91 Å². The van der Waals surface area contributed by atoms with E-state index in [1.54, 1.807) is 6.26 Å². The number of carbonyl (C=O) groups excluding carboxylic acids is 1. The lowest BCUT2D eigenvalue weighted by atomic mass is 9.94. The molecule has 5 heteroatoms. The molecule has 0 saturated carbocycles. The number of benzene rings is 1. The van der Waals surface area contributed by atoms with Crippen LogP contribution in [0.25, 0.3) is 0 Å². The maximum Gasteiger partial charge on any atom is 0.229 e. The zero-order valence-electron chi connectivity index (χ0n) is 14.6. The van der Waals surface area contributed by atoms with Gasteiger partial charge in [-0.25, -0.2) is 0 Å². The fourth-order valence-electron chi connectivity index (χ4n) is 3.34. The van der Waals surface area contributed by atoms with Gasteiger partial charge < -0.3 is 14.4 Å². The highest BCUT2D eigenvalue weighted by atomic mass is 16.7. The summed E-state index contributed by atoms with van der Waals surface area (Å²) < 4.78 is 10.8. The summed E-state index contributed by atoms with van der Waals surface area (Å²) in [6, 6.07) is 10.2. The van der Waals surface area contributed by atoms with Crippen LogP contribution in [0.2, 0.25) is 0 Å². The first-order valence-electron chi connectivity index (χ1n) is 8.85. The second-order valence-electron chi connectivity index (χ2n) is 6.51. The Morgan fingerprint density at radius 3 is 2.60 bits per heavy atom. The largest absolute Gasteiger partial charge is 0.462 e. The van der Waals surface area contributed by atoms with Crippen molar-refractivity contribution in [2.24, 2.45) is 5.92 Å². The fraction of sp³-hybridized carbons (Fsp3) is 0.450. The Labute approximate surface area is 149 Å². The summed E-state index contributed by atoms with van der Waals surface area (Å²) in [4.78, 5) is 17.1. The molecule has 1 atom stereocenters. The minimum Gasteiger partial charge on any atom is -0.462 e. The summed E-state index contributed by atoms with van der Waals surface area (Å²) in [6.45, 7) is 8.28. The molecule has 0 aliphatic carbocycles. The van der Waals surface area contributed by atoms with Crippen LogP contribution < -0.4 is 0 Å². The van der Waals surface area contributed by atoms with E-state index in [1.165, 1.54) is 5.56 Å². The minimum absolute atomic E-state index is 0.0172. The first-order chi connectivity index (χ1) is 12.3. The molecule has 0 N–H and O–H groups in total. The van der Waals surface area contributed by atoms with E-state index in [9.17, 15) is 4.79 Å². The predicted molar refractivity (Wildman–Crippen MR) is 96.6 cm³/mol. The maximum absolute atomic E-state index is 12.8. The molecule has 0 radical (unpaired) electrons. The number of rotatable bonds is 7. The van der Waals surface area contributed by atoms with Crippen molar-refractivity contribution in [3.8, 4) is 0 Å². The Hall–Kier alpha value is -2.27. The van der Waals surface area contributed by atoms with Crippen molar-refractivity contribution in [1.29, 1.82) is 0 Å². The highest BCUT2D eigenvalue weighted by Crippen LogP contribution is 2.26. The zero-order chi connectivity index (χ0) is 17.5. The lowest BCUT2D eigenvalue weighted by molar-refractivity contribution is -0.133. The molecule has 2 heterocycles. The normalized spacial score (nSPS) is 18.9. The molecule has 1 saturated heterocycles. The van der Waals surface area contributed by atoms with Gasteiger partial charge in [0.25, 0.3) is 0 Å². The third kappa shape index (κ3) is 4.86. The zero-order valence-corrected chi connectivity index (χ0v) is 14.6. The smallest absolute Gasteiger partial charge is 0.229 e. The van der Waals surface area contributed by atoms with Crippen molar-refractivity contribution in [2.75, 3.05) is 39.5 Å². The highest BCUT2D eigenvalue weighted by Gasteiger charge is 2.27. The summed E-state index contributed by atoms with van der Waals surface area (Å²) in [6.07, 6.45) is 4.80. The van der Waals surface area contributed by atoms with Crippen molar-refractivity contribution in [3.05, 3.63) is 60.6 Å². The first-order valence-corrected chi connectivity index (χ1v) is 8.85. The lowest BCUT2D eigenvalue weighted by Gasteiger charge is -2.34. The van der Waals surface area contributed by atoms with Gasteiger partial charge in [0.1, 0.15) is 12.0 Å². The number of allylic oxidation sites excluding steroid dienone is 1. The molecule has 0 bridgehead atoms. The summed E-state index contributed by atoms with van der Waals surface area (Å²) in [5.41, 5.74) is 1.20. The maximum atomic E-state index is 12.8. The van der Waals surface area contributed by atoms with Crippen LogP contribution in [0.3, 0.4) is 0 Å². The number of carbonyl (C=O) groups is 1. The van der Waals surface area contributed by atoms with Crippen molar-refractivity contribution in [1.82, 2.24) is 9.80 Å². The van der Waals surface area contributed by atoms with Gasteiger partial charge in [0.15, 0.2) is 0 Å². The molecular weight excluding hydrogens is 316 g/mol. The van der Waals surface area contributed by atoms with Gasteiger partial charge in [-0.1, -0.05) is 36.4 Å². The van der Waals surface area contributed by atoms with E-state index >= 15 is 0 Å². The van der Waals surface area contributed by atoms with Crippen molar-refractivity contribution in [3.63, 3.8) is 0 Å². The number of hydrogen-bond acceptors (Lipinski definition) is 4. The number of nitrogens with zero attached hydrogens (tertiary/aromatic N) is 2. The van der Waals surface area contributed by atoms with Crippen LogP contribution in [-0.4, -0.2) is 55.2 Å². The molecule has 0 aromatic heterocycles. The van der Waals surface area contributed by atoms with Gasteiger partial charge in [0.05, 0.1) is 0 Å².